The molecule has 0 amide bonds. The van der Waals surface area contributed by atoms with Gasteiger partial charge in [0.1, 0.15) is 5.75 Å². The quantitative estimate of drug-likeness (QED) is 0.605. The summed E-state index contributed by atoms with van der Waals surface area (Å²) in [5.41, 5.74) is -0.393. The van der Waals surface area contributed by atoms with Gasteiger partial charge in [-0.3, -0.25) is 4.79 Å². The third-order valence-electron chi connectivity index (χ3n) is 1.68. The van der Waals surface area contributed by atoms with Crippen LogP contribution in [0.4, 0.5) is 4.39 Å². The summed E-state index contributed by atoms with van der Waals surface area (Å²) in [4.78, 5) is 9.56. The molecule has 1 aromatic carbocycles. The lowest BCUT2D eigenvalue weighted by molar-refractivity contribution is 0.111. The van der Waals surface area contributed by atoms with Crippen LogP contribution in [0.2, 0.25) is 0 Å². The summed E-state index contributed by atoms with van der Waals surface area (Å²) in [5, 5.41) is 0. The number of ether oxygens (including phenoxy) is 1. The van der Waals surface area contributed by atoms with Crippen molar-refractivity contribution in [2.24, 2.45) is 0 Å². The Bertz CT molecular complexity index is 498. The normalized spacial score (nSPS) is 11.1. The van der Waals surface area contributed by atoms with Crippen LogP contribution in [0.5, 0.6) is 5.75 Å². The van der Waals surface area contributed by atoms with Crippen LogP contribution in [-0.4, -0.2) is 21.8 Å². The van der Waals surface area contributed by atoms with Gasteiger partial charge in [0.05, 0.1) is 12.7 Å². The molecule has 0 unspecified atom stereocenters. The smallest absolute Gasteiger partial charge is 0.267 e. The number of rotatable bonds is 3. The molecule has 0 bridgehead atoms. The van der Waals surface area contributed by atoms with E-state index in [0.29, 0.717) is 0 Å². The van der Waals surface area contributed by atoms with Crippen molar-refractivity contribution in [3.63, 3.8) is 0 Å². The van der Waals surface area contributed by atoms with E-state index in [9.17, 15) is 17.6 Å². The second kappa shape index (κ2) is 4.16. The van der Waals surface area contributed by atoms with Gasteiger partial charge in [-0.05, 0) is 12.1 Å². The van der Waals surface area contributed by atoms with E-state index in [1.807, 2.05) is 0 Å². The standard InChI is InChI=1S/C8H6ClFO4S/c1-14-6-3-2-5(4-11)7(10)8(6)15(9,12)13/h2-4H,1H3. The Hall–Kier alpha value is -1.14. The van der Waals surface area contributed by atoms with Gasteiger partial charge in [0.2, 0.25) is 0 Å². The van der Waals surface area contributed by atoms with Crippen LogP contribution in [0.25, 0.3) is 0 Å². The highest BCUT2D eigenvalue weighted by molar-refractivity contribution is 8.13. The molecule has 15 heavy (non-hydrogen) atoms. The fourth-order valence-electron chi connectivity index (χ4n) is 1.03. The maximum absolute atomic E-state index is 13.4. The van der Waals surface area contributed by atoms with Gasteiger partial charge in [0, 0.05) is 10.7 Å². The van der Waals surface area contributed by atoms with E-state index < -0.39 is 25.3 Å². The minimum atomic E-state index is -4.30. The Balaban J connectivity index is 3.65. The van der Waals surface area contributed by atoms with Crippen LogP contribution >= 0.6 is 10.7 Å². The van der Waals surface area contributed by atoms with E-state index in [1.54, 1.807) is 0 Å². The molecule has 0 aliphatic carbocycles. The number of carbonyl (C=O) groups excluding carboxylic acids is 1. The molecule has 0 atom stereocenters. The number of methoxy groups -OCH3 is 1. The maximum atomic E-state index is 13.4. The molecule has 82 valence electrons. The summed E-state index contributed by atoms with van der Waals surface area (Å²) in [5.74, 6) is -1.45. The second-order valence-corrected chi connectivity index (χ2v) is 5.06. The Labute approximate surface area is 90.0 Å². The van der Waals surface area contributed by atoms with Gasteiger partial charge in [-0.25, -0.2) is 12.8 Å². The number of carbonyl (C=O) groups is 1. The van der Waals surface area contributed by atoms with Gasteiger partial charge >= 0.3 is 0 Å². The highest BCUT2D eigenvalue weighted by Crippen LogP contribution is 2.30. The molecule has 0 fully saturated rings. The fourth-order valence-corrected chi connectivity index (χ4v) is 2.19. The Kier molecular flexibility index (Phi) is 3.31. The van der Waals surface area contributed by atoms with Crippen molar-refractivity contribution in [2.45, 2.75) is 4.90 Å². The van der Waals surface area contributed by atoms with Crippen LogP contribution in [-0.2, 0) is 9.05 Å². The third-order valence-corrected chi connectivity index (χ3v) is 3.01. The molecule has 4 nitrogen and oxygen atoms in total. The van der Waals surface area contributed by atoms with E-state index in [-0.39, 0.29) is 12.0 Å². The lowest BCUT2D eigenvalue weighted by atomic mass is 10.2. The SMILES string of the molecule is COc1ccc(C=O)c(F)c1S(=O)(=O)Cl. The van der Waals surface area contributed by atoms with Gasteiger partial charge in [-0.2, -0.15) is 0 Å². The molecule has 1 rings (SSSR count). The van der Waals surface area contributed by atoms with E-state index in [4.69, 9.17) is 10.7 Å². The van der Waals surface area contributed by atoms with Crippen LogP contribution in [0.3, 0.4) is 0 Å². The molecule has 0 aliphatic rings. The first-order valence-electron chi connectivity index (χ1n) is 3.68. The van der Waals surface area contributed by atoms with Crippen LogP contribution in [0.15, 0.2) is 17.0 Å². The first-order chi connectivity index (χ1) is 6.91. The topological polar surface area (TPSA) is 60.4 Å². The first kappa shape index (κ1) is 11.9. The van der Waals surface area contributed by atoms with Crippen molar-refractivity contribution in [1.82, 2.24) is 0 Å². The van der Waals surface area contributed by atoms with Crippen molar-refractivity contribution < 1.29 is 22.3 Å². The molecular formula is C8H6ClFO4S. The summed E-state index contributed by atoms with van der Waals surface area (Å²) >= 11 is 0. The van der Waals surface area contributed by atoms with Gasteiger partial charge in [0.15, 0.2) is 17.0 Å². The van der Waals surface area contributed by atoms with Gasteiger partial charge in [-0.15, -0.1) is 0 Å². The van der Waals surface area contributed by atoms with Crippen LogP contribution in [0, 0.1) is 5.82 Å². The average molecular weight is 253 g/mol. The largest absolute Gasteiger partial charge is 0.495 e. The second-order valence-electron chi connectivity index (χ2n) is 2.56. The first-order valence-corrected chi connectivity index (χ1v) is 5.99. The molecule has 0 aliphatic heterocycles. The highest BCUT2D eigenvalue weighted by Gasteiger charge is 2.24. The lowest BCUT2D eigenvalue weighted by Crippen LogP contribution is -2.03. The minimum absolute atomic E-state index is 0.195. The molecule has 0 saturated carbocycles. The lowest BCUT2D eigenvalue weighted by Gasteiger charge is -2.07. The minimum Gasteiger partial charge on any atom is -0.495 e. The van der Waals surface area contributed by atoms with E-state index in [0.717, 1.165) is 12.1 Å². The molecule has 0 spiro atoms. The predicted molar refractivity (Wildman–Crippen MR) is 51.4 cm³/mol. The molecule has 0 radical (unpaired) electrons. The van der Waals surface area contributed by atoms with Gasteiger partial charge in [-0.1, -0.05) is 0 Å². The number of aldehydes is 1. The summed E-state index contributed by atoms with van der Waals surface area (Å²) < 4.78 is 40.1. The van der Waals surface area contributed by atoms with Crippen molar-refractivity contribution in [1.29, 1.82) is 0 Å². The molecule has 7 heteroatoms. The molecular weight excluding hydrogens is 247 g/mol. The van der Waals surface area contributed by atoms with Crippen molar-refractivity contribution in [3.8, 4) is 5.75 Å². The Morgan fingerprint density at radius 3 is 2.47 bits per heavy atom. The maximum Gasteiger partial charge on any atom is 0.267 e. The summed E-state index contributed by atoms with van der Waals surface area (Å²) in [6.45, 7) is 0. The zero-order chi connectivity index (χ0) is 11.6. The van der Waals surface area contributed by atoms with E-state index in [2.05, 4.69) is 4.74 Å². The third kappa shape index (κ3) is 2.27. The number of halogens is 2. The van der Waals surface area contributed by atoms with Crippen LogP contribution in [0.1, 0.15) is 10.4 Å². The number of hydrogen-bond acceptors (Lipinski definition) is 4. The van der Waals surface area contributed by atoms with E-state index in [1.165, 1.54) is 7.11 Å². The van der Waals surface area contributed by atoms with Crippen molar-refractivity contribution in [2.75, 3.05) is 7.11 Å². The summed E-state index contributed by atoms with van der Waals surface area (Å²) in [6, 6.07) is 2.26. The highest BCUT2D eigenvalue weighted by atomic mass is 35.7. The molecule has 0 saturated heterocycles. The molecule has 1 aromatic rings. The number of hydrogen-bond donors (Lipinski definition) is 0. The molecule has 0 N–H and O–H groups in total. The zero-order valence-corrected chi connectivity index (χ0v) is 9.10. The monoisotopic (exact) mass is 252 g/mol. The molecule has 0 aromatic heterocycles. The van der Waals surface area contributed by atoms with Gasteiger partial charge < -0.3 is 4.74 Å². The fraction of sp³-hybridized carbons (Fsp3) is 0.125. The molecule has 0 heterocycles. The van der Waals surface area contributed by atoms with Gasteiger partial charge in [0.25, 0.3) is 9.05 Å². The predicted octanol–water partition coefficient (Wildman–Crippen LogP) is 1.57. The summed E-state index contributed by atoms with van der Waals surface area (Å²) in [6.07, 6.45) is 0.195. The van der Waals surface area contributed by atoms with Crippen molar-refractivity contribution >= 4 is 26.0 Å². The zero-order valence-electron chi connectivity index (χ0n) is 7.53. The van der Waals surface area contributed by atoms with Crippen molar-refractivity contribution in [3.05, 3.63) is 23.5 Å². The Morgan fingerprint density at radius 2 is 2.07 bits per heavy atom. The Morgan fingerprint density at radius 1 is 1.47 bits per heavy atom. The number of benzene rings is 1. The average Bonchev–Trinajstić information content (AvgIpc) is 2.15. The summed E-state index contributed by atoms with van der Waals surface area (Å²) in [7, 11) is 1.89. The van der Waals surface area contributed by atoms with Crippen LogP contribution < -0.4 is 4.74 Å². The van der Waals surface area contributed by atoms with E-state index >= 15 is 0 Å².